The number of ether oxygens (including phenoxy) is 2. The normalized spacial score (nSPS) is 13.7. The van der Waals surface area contributed by atoms with Crippen LogP contribution >= 0.6 is 0 Å². The minimum atomic E-state index is -0.972. The number of fused-ring (bicyclic) bond motifs is 1. The number of carbonyl (C=O) groups is 1. The number of benzene rings is 2. The molecule has 4 aromatic rings. The predicted molar refractivity (Wildman–Crippen MR) is 157 cm³/mol. The van der Waals surface area contributed by atoms with E-state index in [1.807, 2.05) is 25.1 Å². The molecule has 0 saturated heterocycles. The molecule has 10 nitrogen and oxygen atoms in total. The van der Waals surface area contributed by atoms with E-state index in [0.717, 1.165) is 29.7 Å². The van der Waals surface area contributed by atoms with Crippen LogP contribution in [0.4, 0.5) is 5.69 Å². The molecule has 2 aromatic carbocycles. The average Bonchev–Trinajstić information content (AvgIpc) is 3.60. The second-order valence-electron chi connectivity index (χ2n) is 11.9. The standard InChI is InChI=1S/C31H37N5O5/c1-19-13-20(9-12-24(19)29(37)34-21-10-11-21)26-16-32-28-25(33-17-30(2,3)38)15-27(35-36(26)28)41-23-8-6-7-22(14-23)40-18-31(4,5)39/h6-9,12-16,21,33,38-39H,10-11,17-18H2,1-5H3,(H,34,37). The third-order valence-corrected chi connectivity index (χ3v) is 6.46. The molecule has 0 aliphatic heterocycles. The minimum absolute atomic E-state index is 0.0598. The minimum Gasteiger partial charge on any atom is -0.490 e. The third kappa shape index (κ3) is 7.33. The van der Waals surface area contributed by atoms with E-state index in [1.54, 1.807) is 68.7 Å². The van der Waals surface area contributed by atoms with E-state index in [-0.39, 0.29) is 25.1 Å². The van der Waals surface area contributed by atoms with Gasteiger partial charge in [-0.3, -0.25) is 4.79 Å². The summed E-state index contributed by atoms with van der Waals surface area (Å²) < 4.78 is 13.6. The van der Waals surface area contributed by atoms with Crippen LogP contribution in [0.25, 0.3) is 16.9 Å². The molecule has 4 N–H and O–H groups in total. The Bertz CT molecular complexity index is 1560. The zero-order valence-corrected chi connectivity index (χ0v) is 24.1. The quantitative estimate of drug-likeness (QED) is 0.208. The first kappa shape index (κ1) is 28.4. The van der Waals surface area contributed by atoms with Gasteiger partial charge in [0.1, 0.15) is 18.1 Å². The first-order valence-corrected chi connectivity index (χ1v) is 13.7. The highest BCUT2D eigenvalue weighted by Gasteiger charge is 2.25. The average molecular weight is 560 g/mol. The van der Waals surface area contributed by atoms with Crippen LogP contribution in [0.3, 0.4) is 0 Å². The van der Waals surface area contributed by atoms with Crippen molar-refractivity contribution in [3.63, 3.8) is 0 Å². The number of aliphatic hydroxyl groups is 2. The first-order valence-electron chi connectivity index (χ1n) is 13.7. The fraction of sp³-hybridized carbons (Fsp3) is 0.387. The molecule has 0 bridgehead atoms. The summed E-state index contributed by atoms with van der Waals surface area (Å²) in [7, 11) is 0. The van der Waals surface area contributed by atoms with Gasteiger partial charge in [-0.2, -0.15) is 0 Å². The number of hydrogen-bond donors (Lipinski definition) is 4. The molecule has 10 heteroatoms. The largest absolute Gasteiger partial charge is 0.490 e. The number of nitrogens with zero attached hydrogens (tertiary/aromatic N) is 3. The molecule has 1 aliphatic carbocycles. The molecule has 1 fully saturated rings. The van der Waals surface area contributed by atoms with Crippen LogP contribution in [0.5, 0.6) is 17.4 Å². The van der Waals surface area contributed by atoms with Crippen molar-refractivity contribution in [3.8, 4) is 28.6 Å². The molecule has 0 atom stereocenters. The molecule has 0 unspecified atom stereocenters. The van der Waals surface area contributed by atoms with Crippen molar-refractivity contribution in [2.24, 2.45) is 0 Å². The molecular formula is C31H37N5O5. The van der Waals surface area contributed by atoms with Crippen LogP contribution < -0.4 is 20.1 Å². The van der Waals surface area contributed by atoms with Crippen LogP contribution in [-0.4, -0.2) is 61.1 Å². The van der Waals surface area contributed by atoms with Crippen molar-refractivity contribution < 1.29 is 24.5 Å². The number of nitrogens with one attached hydrogen (secondary N) is 2. The first-order chi connectivity index (χ1) is 19.3. The SMILES string of the molecule is Cc1cc(-c2cnc3c(NCC(C)(C)O)cc(Oc4cccc(OCC(C)(C)O)c4)nn23)ccc1C(=O)NC1CC1. The number of carbonyl (C=O) groups excluding carboxylic acids is 1. The summed E-state index contributed by atoms with van der Waals surface area (Å²) in [5, 5.41) is 31.4. The highest BCUT2D eigenvalue weighted by atomic mass is 16.5. The van der Waals surface area contributed by atoms with Gasteiger partial charge >= 0.3 is 0 Å². The molecule has 5 rings (SSSR count). The van der Waals surface area contributed by atoms with E-state index in [1.165, 1.54) is 0 Å². The predicted octanol–water partition coefficient (Wildman–Crippen LogP) is 4.72. The van der Waals surface area contributed by atoms with Crippen molar-refractivity contribution in [1.82, 2.24) is 19.9 Å². The van der Waals surface area contributed by atoms with Gasteiger partial charge in [0.2, 0.25) is 5.88 Å². The molecule has 41 heavy (non-hydrogen) atoms. The molecule has 0 spiro atoms. The Kier molecular flexibility index (Phi) is 7.63. The highest BCUT2D eigenvalue weighted by Crippen LogP contribution is 2.31. The summed E-state index contributed by atoms with van der Waals surface area (Å²) in [4.78, 5) is 17.3. The van der Waals surface area contributed by atoms with Crippen LogP contribution in [0.1, 0.15) is 56.5 Å². The lowest BCUT2D eigenvalue weighted by Crippen LogP contribution is -2.29. The molecule has 216 valence electrons. The number of imidazole rings is 1. The Morgan fingerprint density at radius 3 is 2.49 bits per heavy atom. The van der Waals surface area contributed by atoms with Crippen LogP contribution in [-0.2, 0) is 0 Å². The Morgan fingerprint density at radius 1 is 1.05 bits per heavy atom. The monoisotopic (exact) mass is 559 g/mol. The van der Waals surface area contributed by atoms with Crippen molar-refractivity contribution in [3.05, 3.63) is 65.9 Å². The van der Waals surface area contributed by atoms with E-state index in [2.05, 4.69) is 15.6 Å². The van der Waals surface area contributed by atoms with Gasteiger partial charge in [-0.25, -0.2) is 9.50 Å². The van der Waals surface area contributed by atoms with Gasteiger partial charge < -0.3 is 30.3 Å². The molecule has 0 radical (unpaired) electrons. The van der Waals surface area contributed by atoms with Crippen LogP contribution in [0.15, 0.2) is 54.7 Å². The fourth-order valence-corrected chi connectivity index (χ4v) is 4.21. The maximum Gasteiger partial charge on any atom is 0.251 e. The van der Waals surface area contributed by atoms with Crippen LogP contribution in [0, 0.1) is 6.92 Å². The Hall–Kier alpha value is -4.15. The molecule has 2 heterocycles. The molecule has 1 saturated carbocycles. The molecular weight excluding hydrogens is 522 g/mol. The van der Waals surface area contributed by atoms with Gasteiger partial charge in [-0.15, -0.1) is 5.10 Å². The van der Waals surface area contributed by atoms with Crippen molar-refractivity contribution in [2.45, 2.75) is 64.7 Å². The number of hydrogen-bond acceptors (Lipinski definition) is 8. The molecule has 1 aliphatic rings. The summed E-state index contributed by atoms with van der Waals surface area (Å²) >= 11 is 0. The van der Waals surface area contributed by atoms with E-state index < -0.39 is 11.2 Å². The number of rotatable bonds is 11. The third-order valence-electron chi connectivity index (χ3n) is 6.46. The van der Waals surface area contributed by atoms with Crippen molar-refractivity contribution >= 4 is 17.2 Å². The van der Waals surface area contributed by atoms with Gasteiger partial charge in [0.05, 0.1) is 28.8 Å². The second-order valence-corrected chi connectivity index (χ2v) is 11.9. The summed E-state index contributed by atoms with van der Waals surface area (Å²) in [5.41, 5.74) is 2.32. The van der Waals surface area contributed by atoms with Crippen molar-refractivity contribution in [1.29, 1.82) is 0 Å². The Balaban J connectivity index is 1.48. The van der Waals surface area contributed by atoms with Gasteiger partial charge in [0.25, 0.3) is 5.91 Å². The number of aryl methyl sites for hydroxylation is 1. The lowest BCUT2D eigenvalue weighted by molar-refractivity contribution is 0.0284. The van der Waals surface area contributed by atoms with Crippen LogP contribution in [0.2, 0.25) is 0 Å². The van der Waals surface area contributed by atoms with E-state index in [0.29, 0.717) is 34.3 Å². The topological polar surface area (TPSA) is 130 Å². The van der Waals surface area contributed by atoms with Gasteiger partial charge in [0, 0.05) is 35.8 Å². The van der Waals surface area contributed by atoms with Gasteiger partial charge in [-0.1, -0.05) is 12.1 Å². The van der Waals surface area contributed by atoms with E-state index in [4.69, 9.17) is 14.6 Å². The summed E-state index contributed by atoms with van der Waals surface area (Å²) in [6, 6.07) is 14.8. The lowest BCUT2D eigenvalue weighted by Gasteiger charge is -2.19. The second kappa shape index (κ2) is 11.0. The Morgan fingerprint density at radius 2 is 1.80 bits per heavy atom. The highest BCUT2D eigenvalue weighted by molar-refractivity contribution is 5.96. The van der Waals surface area contributed by atoms with Gasteiger partial charge in [0.15, 0.2) is 5.65 Å². The van der Waals surface area contributed by atoms with E-state index >= 15 is 0 Å². The number of anilines is 1. The maximum atomic E-state index is 12.6. The summed E-state index contributed by atoms with van der Waals surface area (Å²) in [6.45, 7) is 9.11. The molecule has 2 aromatic heterocycles. The zero-order valence-electron chi connectivity index (χ0n) is 24.1. The van der Waals surface area contributed by atoms with Gasteiger partial charge in [-0.05, 0) is 77.3 Å². The number of amides is 1. The Labute approximate surface area is 239 Å². The number of aromatic nitrogens is 3. The van der Waals surface area contributed by atoms with E-state index in [9.17, 15) is 15.0 Å². The summed E-state index contributed by atoms with van der Waals surface area (Å²) in [6.07, 6.45) is 3.79. The summed E-state index contributed by atoms with van der Waals surface area (Å²) in [5.74, 6) is 1.29. The smallest absolute Gasteiger partial charge is 0.251 e. The zero-order chi connectivity index (χ0) is 29.4. The molecule has 1 amide bonds. The lowest BCUT2D eigenvalue weighted by atomic mass is 10.0. The fourth-order valence-electron chi connectivity index (χ4n) is 4.21. The van der Waals surface area contributed by atoms with Crippen molar-refractivity contribution in [2.75, 3.05) is 18.5 Å². The maximum absolute atomic E-state index is 12.6.